The Kier molecular flexibility index (Phi) is 6.73. The Morgan fingerprint density at radius 2 is 1.79 bits per heavy atom. The lowest BCUT2D eigenvalue weighted by molar-refractivity contribution is -0.136. The Bertz CT molecular complexity index is 886. The second-order valence-corrected chi connectivity index (χ2v) is 5.95. The van der Waals surface area contributed by atoms with Crippen LogP contribution in [0.3, 0.4) is 0 Å². The summed E-state index contributed by atoms with van der Waals surface area (Å²) < 4.78 is 5.62. The molecule has 0 aliphatic rings. The highest BCUT2D eigenvalue weighted by atomic mass is 16.6. The van der Waals surface area contributed by atoms with E-state index in [0.717, 1.165) is 11.1 Å². The standard InChI is InChI=1S/C22H20N2O4/c25-21(26)15-17-6-4-10-20(14-17)27-12-13-28-24-22(18-7-2-1-3-8-18)19-9-5-11-23-16-19/h1-11,14,16H,12-13,15H2,(H,25,26). The van der Waals surface area contributed by atoms with Crippen molar-refractivity contribution in [2.75, 3.05) is 13.2 Å². The number of pyridine rings is 1. The SMILES string of the molecule is O=C(O)Cc1cccc(OCCON=C(c2ccccc2)c2cccnc2)c1. The monoisotopic (exact) mass is 376 g/mol. The van der Waals surface area contributed by atoms with Crippen LogP contribution in [0.5, 0.6) is 5.75 Å². The maximum absolute atomic E-state index is 10.8. The van der Waals surface area contributed by atoms with E-state index in [4.69, 9.17) is 14.7 Å². The van der Waals surface area contributed by atoms with E-state index in [1.54, 1.807) is 36.7 Å². The fraction of sp³-hybridized carbons (Fsp3) is 0.136. The van der Waals surface area contributed by atoms with Gasteiger partial charge in [-0.05, 0) is 29.8 Å². The Morgan fingerprint density at radius 1 is 0.964 bits per heavy atom. The molecule has 28 heavy (non-hydrogen) atoms. The molecule has 2 aromatic carbocycles. The van der Waals surface area contributed by atoms with Crippen LogP contribution in [0.4, 0.5) is 0 Å². The third kappa shape index (κ3) is 5.67. The number of nitrogens with zero attached hydrogens (tertiary/aromatic N) is 2. The fourth-order valence-corrected chi connectivity index (χ4v) is 2.60. The van der Waals surface area contributed by atoms with E-state index in [9.17, 15) is 4.79 Å². The molecule has 1 heterocycles. The molecule has 6 nitrogen and oxygen atoms in total. The maximum Gasteiger partial charge on any atom is 0.307 e. The number of carbonyl (C=O) groups is 1. The molecule has 0 atom stereocenters. The molecule has 3 aromatic rings. The van der Waals surface area contributed by atoms with Crippen LogP contribution in [0.15, 0.2) is 84.3 Å². The lowest BCUT2D eigenvalue weighted by Gasteiger charge is -2.09. The van der Waals surface area contributed by atoms with Crippen LogP contribution in [0.25, 0.3) is 0 Å². The van der Waals surface area contributed by atoms with Crippen LogP contribution in [-0.2, 0) is 16.1 Å². The summed E-state index contributed by atoms with van der Waals surface area (Å²) in [6, 6.07) is 20.5. The number of oxime groups is 1. The molecule has 0 unspecified atom stereocenters. The third-order valence-electron chi connectivity index (χ3n) is 3.84. The number of carboxylic acid groups (broad SMARTS) is 1. The van der Waals surface area contributed by atoms with Gasteiger partial charge in [0.2, 0.25) is 0 Å². The number of benzene rings is 2. The predicted molar refractivity (Wildman–Crippen MR) is 106 cm³/mol. The summed E-state index contributed by atoms with van der Waals surface area (Å²) in [7, 11) is 0. The molecule has 0 spiro atoms. The first-order chi connectivity index (χ1) is 13.7. The molecule has 0 aliphatic heterocycles. The summed E-state index contributed by atoms with van der Waals surface area (Å²) in [5, 5.41) is 13.1. The Balaban J connectivity index is 1.60. The molecule has 1 N–H and O–H groups in total. The van der Waals surface area contributed by atoms with Gasteiger partial charge >= 0.3 is 5.97 Å². The Hall–Kier alpha value is -3.67. The fourth-order valence-electron chi connectivity index (χ4n) is 2.60. The highest BCUT2D eigenvalue weighted by molar-refractivity contribution is 6.12. The van der Waals surface area contributed by atoms with Crippen molar-refractivity contribution in [3.05, 3.63) is 95.8 Å². The predicted octanol–water partition coefficient (Wildman–Crippen LogP) is 3.56. The van der Waals surface area contributed by atoms with Crippen molar-refractivity contribution in [1.82, 2.24) is 4.98 Å². The van der Waals surface area contributed by atoms with Crippen LogP contribution in [0.2, 0.25) is 0 Å². The van der Waals surface area contributed by atoms with Gasteiger partial charge in [-0.15, -0.1) is 0 Å². The zero-order chi connectivity index (χ0) is 19.6. The van der Waals surface area contributed by atoms with Crippen LogP contribution >= 0.6 is 0 Å². The van der Waals surface area contributed by atoms with Gasteiger partial charge in [-0.3, -0.25) is 9.78 Å². The van der Waals surface area contributed by atoms with Crippen molar-refractivity contribution in [2.24, 2.45) is 5.16 Å². The van der Waals surface area contributed by atoms with Gasteiger partial charge < -0.3 is 14.7 Å². The lowest BCUT2D eigenvalue weighted by Crippen LogP contribution is -2.08. The smallest absolute Gasteiger partial charge is 0.307 e. The van der Waals surface area contributed by atoms with Gasteiger partial charge in [-0.1, -0.05) is 47.6 Å². The van der Waals surface area contributed by atoms with Crippen LogP contribution < -0.4 is 4.74 Å². The minimum atomic E-state index is -0.876. The first-order valence-electron chi connectivity index (χ1n) is 8.81. The number of hydrogen-bond donors (Lipinski definition) is 1. The van der Waals surface area contributed by atoms with Crippen molar-refractivity contribution >= 4 is 11.7 Å². The van der Waals surface area contributed by atoms with Crippen molar-refractivity contribution in [1.29, 1.82) is 0 Å². The Labute approximate surface area is 163 Å². The molecule has 0 saturated carbocycles. The maximum atomic E-state index is 10.8. The highest BCUT2D eigenvalue weighted by Gasteiger charge is 2.08. The van der Waals surface area contributed by atoms with Gasteiger partial charge in [-0.25, -0.2) is 0 Å². The van der Waals surface area contributed by atoms with Crippen LogP contribution in [0.1, 0.15) is 16.7 Å². The quantitative estimate of drug-likeness (QED) is 0.351. The van der Waals surface area contributed by atoms with Gasteiger partial charge in [0.05, 0.1) is 6.42 Å². The number of ether oxygens (including phenoxy) is 1. The average molecular weight is 376 g/mol. The third-order valence-corrected chi connectivity index (χ3v) is 3.84. The molecule has 6 heteroatoms. The summed E-state index contributed by atoms with van der Waals surface area (Å²) in [5.74, 6) is -0.277. The molecule has 0 amide bonds. The van der Waals surface area contributed by atoms with E-state index in [2.05, 4.69) is 10.1 Å². The molecular weight excluding hydrogens is 356 g/mol. The minimum Gasteiger partial charge on any atom is -0.490 e. The summed E-state index contributed by atoms with van der Waals surface area (Å²) in [5.41, 5.74) is 3.16. The van der Waals surface area contributed by atoms with E-state index in [1.807, 2.05) is 42.5 Å². The summed E-state index contributed by atoms with van der Waals surface area (Å²) in [6.45, 7) is 0.537. The first-order valence-corrected chi connectivity index (χ1v) is 8.81. The molecule has 0 fully saturated rings. The van der Waals surface area contributed by atoms with E-state index < -0.39 is 5.97 Å². The Morgan fingerprint density at radius 3 is 2.54 bits per heavy atom. The van der Waals surface area contributed by atoms with Crippen molar-refractivity contribution < 1.29 is 19.5 Å². The number of carboxylic acids is 1. The zero-order valence-electron chi connectivity index (χ0n) is 15.2. The van der Waals surface area contributed by atoms with Gasteiger partial charge in [0.25, 0.3) is 0 Å². The molecule has 0 aliphatic carbocycles. The van der Waals surface area contributed by atoms with Crippen molar-refractivity contribution in [3.8, 4) is 5.75 Å². The van der Waals surface area contributed by atoms with E-state index in [-0.39, 0.29) is 19.6 Å². The summed E-state index contributed by atoms with van der Waals surface area (Å²) in [4.78, 5) is 20.4. The lowest BCUT2D eigenvalue weighted by atomic mass is 10.0. The zero-order valence-corrected chi connectivity index (χ0v) is 15.2. The topological polar surface area (TPSA) is 81.0 Å². The van der Waals surface area contributed by atoms with Crippen LogP contribution in [-0.4, -0.2) is 35.0 Å². The van der Waals surface area contributed by atoms with E-state index in [1.165, 1.54) is 0 Å². The number of hydrogen-bond acceptors (Lipinski definition) is 5. The molecule has 0 saturated heterocycles. The van der Waals surface area contributed by atoms with Gasteiger partial charge in [0, 0.05) is 23.5 Å². The number of aliphatic carboxylic acids is 1. The second kappa shape index (κ2) is 9.87. The largest absolute Gasteiger partial charge is 0.490 e. The number of rotatable bonds is 9. The molecular formula is C22H20N2O4. The first kappa shape index (κ1) is 19.1. The van der Waals surface area contributed by atoms with Crippen molar-refractivity contribution in [3.63, 3.8) is 0 Å². The van der Waals surface area contributed by atoms with Gasteiger partial charge in [0.1, 0.15) is 18.1 Å². The number of aromatic nitrogens is 1. The molecule has 1 aromatic heterocycles. The molecule has 0 radical (unpaired) electrons. The van der Waals surface area contributed by atoms with Gasteiger partial charge in [-0.2, -0.15) is 0 Å². The summed E-state index contributed by atoms with van der Waals surface area (Å²) in [6.07, 6.45) is 3.41. The molecule has 0 bridgehead atoms. The minimum absolute atomic E-state index is 0.0382. The average Bonchev–Trinajstić information content (AvgIpc) is 2.72. The van der Waals surface area contributed by atoms with E-state index >= 15 is 0 Å². The van der Waals surface area contributed by atoms with Crippen molar-refractivity contribution in [2.45, 2.75) is 6.42 Å². The molecule has 142 valence electrons. The summed E-state index contributed by atoms with van der Waals surface area (Å²) >= 11 is 0. The van der Waals surface area contributed by atoms with Crippen LogP contribution in [0, 0.1) is 0 Å². The highest BCUT2D eigenvalue weighted by Crippen LogP contribution is 2.14. The normalized spacial score (nSPS) is 11.1. The second-order valence-electron chi connectivity index (χ2n) is 5.95. The molecule has 3 rings (SSSR count). The van der Waals surface area contributed by atoms with Gasteiger partial charge in [0.15, 0.2) is 6.61 Å². The van der Waals surface area contributed by atoms with E-state index in [0.29, 0.717) is 17.0 Å².